The average Bonchev–Trinajstić information content (AvgIpc) is 1.54. The molecule has 0 spiro atoms. The number of aliphatic carboxylic acids is 1. The molecule has 4 aromatic carbocycles. The third kappa shape index (κ3) is 22.1. The van der Waals surface area contributed by atoms with Gasteiger partial charge in [-0.1, -0.05) is 86.6 Å². The number of likely N-dealkylation sites (tertiary alicyclic amines) is 1. The van der Waals surface area contributed by atoms with E-state index in [1.54, 1.807) is 36.5 Å². The zero-order chi connectivity index (χ0) is 72.6. The molecule has 31 heteroatoms. The Morgan fingerprint density at radius 2 is 1.30 bits per heavy atom. The van der Waals surface area contributed by atoms with Crippen molar-refractivity contribution < 1.29 is 72.9 Å². The Morgan fingerprint density at radius 1 is 0.700 bits per heavy atom. The molecule has 7 rings (SSSR count). The summed E-state index contributed by atoms with van der Waals surface area (Å²) in [6.07, 6.45) is 3.94. The number of aromatic nitrogens is 3. The number of aliphatic hydroxyl groups is 1. The number of aliphatic imine (C=N–C) groups is 1. The monoisotopic (exact) mass is 1380 g/mol. The SMILES string of the molecule is CC(=O)N[C@@H](CCC(=O)O)C(=O)N[C@@H](Cc1cnc[nH]1)C(=O)N[C@@H](Cc1c[nH]c2ccccc12)C(=O)N[C@@H](CO)C(=O)N[C@@H](Cc1ccc(O)cc1)C(=O)N[C@H](Cc1ccc2ccccc2c1)C(=O)N(C)[C@@H](CC(C)C)C(=O)N[C@@H](CCCN=C(N)N)C(=O)N1CCC[C@H]1C(=O)NCC=O. The third-order valence-electron chi connectivity index (χ3n) is 16.9. The van der Waals surface area contributed by atoms with E-state index in [0.717, 1.165) is 17.7 Å². The van der Waals surface area contributed by atoms with E-state index in [1.165, 1.54) is 53.6 Å². The van der Waals surface area contributed by atoms with Gasteiger partial charge in [-0.3, -0.25) is 57.7 Å². The lowest BCUT2D eigenvalue weighted by molar-refractivity contribution is -0.145. The first kappa shape index (κ1) is 76.1. The molecule has 3 heterocycles. The summed E-state index contributed by atoms with van der Waals surface area (Å²) in [5, 5.41) is 53.9. The van der Waals surface area contributed by atoms with Crippen molar-refractivity contribution in [3.8, 4) is 5.75 Å². The molecule has 0 radical (unpaired) electrons. The molecule has 31 nitrogen and oxygen atoms in total. The number of para-hydroxylation sites is 1. The lowest BCUT2D eigenvalue weighted by Crippen LogP contribution is -2.62. The van der Waals surface area contributed by atoms with Crippen molar-refractivity contribution in [3.05, 3.63) is 132 Å². The zero-order valence-corrected chi connectivity index (χ0v) is 56.0. The number of guanidine groups is 1. The molecular formula is C69H88N16O15. The number of phenols is 1. The molecule has 0 unspecified atom stereocenters. The van der Waals surface area contributed by atoms with Crippen molar-refractivity contribution in [1.82, 2.24) is 67.3 Å². The number of carbonyl (C=O) groups is 12. The van der Waals surface area contributed by atoms with Gasteiger partial charge in [0.15, 0.2) is 5.96 Å². The number of phenolic OH excluding ortho intramolecular Hbond substituents is 1. The quantitative estimate of drug-likeness (QED) is 0.0101. The summed E-state index contributed by atoms with van der Waals surface area (Å²) in [7, 11) is 1.38. The molecule has 1 aliphatic heterocycles. The number of nitrogens with zero attached hydrogens (tertiary/aromatic N) is 4. The maximum atomic E-state index is 15.5. The topological polar surface area (TPSA) is 477 Å². The lowest BCUT2D eigenvalue weighted by atomic mass is 9.97. The van der Waals surface area contributed by atoms with Gasteiger partial charge in [0.05, 0.1) is 19.5 Å². The Hall–Kier alpha value is -11.2. The van der Waals surface area contributed by atoms with E-state index in [2.05, 4.69) is 62.5 Å². The number of hydrogen-bond donors (Lipinski definition) is 15. The number of rotatable bonds is 37. The van der Waals surface area contributed by atoms with Crippen LogP contribution in [0.5, 0.6) is 5.75 Å². The summed E-state index contributed by atoms with van der Waals surface area (Å²) in [5.41, 5.74) is 13.7. The van der Waals surface area contributed by atoms with E-state index in [-0.39, 0.29) is 88.6 Å². The minimum atomic E-state index is -1.85. The van der Waals surface area contributed by atoms with Crippen LogP contribution in [0.25, 0.3) is 21.7 Å². The molecule has 100 heavy (non-hydrogen) atoms. The second kappa shape index (κ2) is 36.9. The highest BCUT2D eigenvalue weighted by molar-refractivity contribution is 6.00. The normalized spacial score (nSPS) is 15.1. The molecule has 0 saturated carbocycles. The second-order valence-electron chi connectivity index (χ2n) is 25.0. The molecule has 1 fully saturated rings. The van der Waals surface area contributed by atoms with Gasteiger partial charge in [0.1, 0.15) is 66.4 Å². The van der Waals surface area contributed by atoms with Crippen LogP contribution in [0.1, 0.15) is 88.1 Å². The number of nitrogens with two attached hydrogens (primary N) is 2. The van der Waals surface area contributed by atoms with Crippen LogP contribution < -0.4 is 54.0 Å². The van der Waals surface area contributed by atoms with E-state index < -0.39 is 132 Å². The number of benzene rings is 4. The van der Waals surface area contributed by atoms with Crippen LogP contribution in [-0.4, -0.2) is 205 Å². The summed E-state index contributed by atoms with van der Waals surface area (Å²) in [4.78, 5) is 183. The second-order valence-corrected chi connectivity index (χ2v) is 25.0. The number of hydrogen-bond acceptors (Lipinski definition) is 16. The zero-order valence-electron chi connectivity index (χ0n) is 56.0. The highest BCUT2D eigenvalue weighted by Gasteiger charge is 2.41. The van der Waals surface area contributed by atoms with Crippen LogP contribution in [0.2, 0.25) is 0 Å². The number of aromatic hydroxyl groups is 1. The third-order valence-corrected chi connectivity index (χ3v) is 16.9. The van der Waals surface area contributed by atoms with Gasteiger partial charge >= 0.3 is 5.97 Å². The van der Waals surface area contributed by atoms with Crippen LogP contribution >= 0.6 is 0 Å². The largest absolute Gasteiger partial charge is 0.508 e. The number of aldehydes is 1. The number of H-pyrrole nitrogens is 2. The molecule has 6 aromatic rings. The van der Waals surface area contributed by atoms with E-state index >= 15 is 9.59 Å². The smallest absolute Gasteiger partial charge is 0.303 e. The predicted molar refractivity (Wildman–Crippen MR) is 367 cm³/mol. The number of likely N-dealkylation sites (N-methyl/N-ethyl adjacent to an activating group) is 1. The minimum absolute atomic E-state index is 0.00221. The summed E-state index contributed by atoms with van der Waals surface area (Å²) in [6, 6.07) is 12.6. The highest BCUT2D eigenvalue weighted by Crippen LogP contribution is 2.24. The molecule has 9 atom stereocenters. The van der Waals surface area contributed by atoms with E-state index in [0.29, 0.717) is 52.4 Å². The van der Waals surface area contributed by atoms with Gasteiger partial charge in [0.2, 0.25) is 59.1 Å². The Balaban J connectivity index is 1.19. The van der Waals surface area contributed by atoms with Gasteiger partial charge in [-0.15, -0.1) is 0 Å². The standard InChI is InChI=1S/C69H88N16O15/c1-39(2)29-58(66(98)78-51(15-9-25-74-69(70)71)68(100)85-27-10-16-57(85)65(97)73-26-28-86)84(4)67(99)55(32-42-17-20-43-11-5-6-12-44(43)30-42)82-61(93)52(31-41-18-21-47(89)22-19-41)79-64(96)56(37-87)83-62(94)53(33-45-35-75-49-14-8-7-13-48(45)49)80-63(95)54(34-46-36-72-38-76-46)81-60(92)50(77-40(3)88)23-24-59(90)91/h5-8,11-14,17-22,28,30,35-36,38-39,50-58,75,87,89H,9-10,15-16,23-27,29,31-34,37H2,1-4H3,(H,72,76)(H,73,97)(H,77,88)(H,78,98)(H,79,96)(H,80,95)(H,81,92)(H,82,93)(H,83,94)(H,90,91)(H4,70,71,74)/t50-,51-,52-,53-,54-,55+,56-,57-,58-/m0/s1. The number of aliphatic hydroxyl groups excluding tert-OH is 1. The number of imidazole rings is 1. The van der Waals surface area contributed by atoms with Crippen molar-refractivity contribution >= 4 is 99.0 Å². The molecular weight excluding hydrogens is 1290 g/mol. The number of amides is 10. The van der Waals surface area contributed by atoms with Gasteiger partial charge in [-0.05, 0) is 90.1 Å². The van der Waals surface area contributed by atoms with Crippen LogP contribution in [0.4, 0.5) is 0 Å². The lowest BCUT2D eigenvalue weighted by Gasteiger charge is -2.34. The molecule has 0 aliphatic carbocycles. The predicted octanol–water partition coefficient (Wildman–Crippen LogP) is -0.476. The number of fused-ring (bicyclic) bond motifs is 2. The van der Waals surface area contributed by atoms with Crippen molar-refractivity contribution in [3.63, 3.8) is 0 Å². The molecule has 0 bridgehead atoms. The molecule has 17 N–H and O–H groups in total. The van der Waals surface area contributed by atoms with E-state index in [4.69, 9.17) is 11.5 Å². The van der Waals surface area contributed by atoms with Crippen LogP contribution in [0.15, 0.2) is 115 Å². The van der Waals surface area contributed by atoms with Gasteiger partial charge in [0.25, 0.3) is 0 Å². The maximum Gasteiger partial charge on any atom is 0.303 e. The van der Waals surface area contributed by atoms with Crippen molar-refractivity contribution in [2.75, 3.05) is 33.3 Å². The van der Waals surface area contributed by atoms with Crippen LogP contribution in [0.3, 0.4) is 0 Å². The first-order valence-electron chi connectivity index (χ1n) is 32.9. The van der Waals surface area contributed by atoms with Crippen molar-refractivity contribution in [1.29, 1.82) is 0 Å². The van der Waals surface area contributed by atoms with Gasteiger partial charge in [-0.2, -0.15) is 0 Å². The first-order valence-corrected chi connectivity index (χ1v) is 32.9. The number of carboxylic acid groups (broad SMARTS) is 1. The number of aromatic amines is 2. The van der Waals surface area contributed by atoms with Crippen molar-refractivity contribution in [2.45, 2.75) is 146 Å². The summed E-state index contributed by atoms with van der Waals surface area (Å²) >= 11 is 0. The van der Waals surface area contributed by atoms with Gasteiger partial charge in [-0.25, -0.2) is 4.98 Å². The van der Waals surface area contributed by atoms with Gasteiger partial charge in [0, 0.05) is 88.2 Å². The summed E-state index contributed by atoms with van der Waals surface area (Å²) < 4.78 is 0. The Labute approximate surface area is 576 Å². The Bertz CT molecular complexity index is 3890. The first-order chi connectivity index (χ1) is 47.8. The average molecular weight is 1380 g/mol. The van der Waals surface area contributed by atoms with E-state index in [9.17, 15) is 63.3 Å². The van der Waals surface area contributed by atoms with Crippen LogP contribution in [-0.2, 0) is 83.2 Å². The fourth-order valence-corrected chi connectivity index (χ4v) is 11.9. The molecule has 1 aliphatic rings. The summed E-state index contributed by atoms with van der Waals surface area (Å²) in [6.45, 7) is 3.66. The molecule has 534 valence electrons. The number of nitrogens with one attached hydrogen (secondary N) is 10. The highest BCUT2D eigenvalue weighted by atomic mass is 16.4. The maximum absolute atomic E-state index is 15.5. The Morgan fingerprint density at radius 3 is 1.94 bits per heavy atom. The molecule has 2 aromatic heterocycles. The summed E-state index contributed by atoms with van der Waals surface area (Å²) in [5.74, 6) is -10.1. The molecule has 10 amide bonds. The fraction of sp³-hybridized carbons (Fsp3) is 0.420. The number of carboxylic acids is 1. The van der Waals surface area contributed by atoms with Gasteiger partial charge < -0.3 is 93.9 Å². The minimum Gasteiger partial charge on any atom is -0.508 e. The van der Waals surface area contributed by atoms with Crippen molar-refractivity contribution in [2.24, 2.45) is 22.4 Å². The van der Waals surface area contributed by atoms with E-state index in [1.807, 2.05) is 50.2 Å². The molecule has 1 saturated heterocycles. The number of carbonyl (C=O) groups excluding carboxylic acids is 11. The fourth-order valence-electron chi connectivity index (χ4n) is 11.9. The van der Waals surface area contributed by atoms with Crippen LogP contribution in [0, 0.1) is 5.92 Å². The Kier molecular flexibility index (Phi) is 28.1.